The van der Waals surface area contributed by atoms with Crippen LogP contribution in [0.1, 0.15) is 27.5 Å². The Bertz CT molecular complexity index is 800. The van der Waals surface area contributed by atoms with Crippen LogP contribution in [0.15, 0.2) is 36.8 Å². The van der Waals surface area contributed by atoms with Crippen LogP contribution in [-0.4, -0.2) is 33.1 Å². The second kappa shape index (κ2) is 5.47. The molecule has 0 radical (unpaired) electrons. The van der Waals surface area contributed by atoms with Crippen LogP contribution in [0.3, 0.4) is 0 Å². The van der Waals surface area contributed by atoms with Crippen molar-refractivity contribution in [3.8, 4) is 0 Å². The summed E-state index contributed by atoms with van der Waals surface area (Å²) in [5.74, 6) is -1.67. The highest BCUT2D eigenvalue weighted by atomic mass is 35.5. The van der Waals surface area contributed by atoms with E-state index in [0.717, 1.165) is 0 Å². The number of ether oxygens (including phenoxy) is 1. The number of alkyl halides is 1. The predicted octanol–water partition coefficient (Wildman–Crippen LogP) is 1.99. The molecule has 1 aliphatic heterocycles. The van der Waals surface area contributed by atoms with Crippen LogP contribution < -0.4 is 5.32 Å². The lowest BCUT2D eigenvalue weighted by Crippen LogP contribution is -2.43. The van der Waals surface area contributed by atoms with Gasteiger partial charge >= 0.3 is 11.1 Å². The van der Waals surface area contributed by atoms with Crippen molar-refractivity contribution < 1.29 is 14.5 Å². The molecule has 9 heteroatoms. The number of hydrogen-bond acceptors (Lipinski definition) is 7. The average molecular weight is 335 g/mol. The predicted molar refractivity (Wildman–Crippen MR) is 80.9 cm³/mol. The summed E-state index contributed by atoms with van der Waals surface area (Å²) in [6.07, 6.45) is 2.46. The number of nitrogens with zero attached hydrogens (tertiary/aromatic N) is 3. The lowest BCUT2D eigenvalue weighted by molar-refractivity contribution is -0.535. The Labute approximate surface area is 135 Å². The number of fused-ring (bicyclic) bond motifs is 1. The minimum atomic E-state index is -2.05. The number of hydrogen-bond donors (Lipinski definition) is 1. The Morgan fingerprint density at radius 2 is 2.22 bits per heavy atom. The van der Waals surface area contributed by atoms with E-state index < -0.39 is 21.9 Å². The highest BCUT2D eigenvalue weighted by Gasteiger charge is 2.57. The zero-order chi connectivity index (χ0) is 16.6. The molecule has 1 N–H and O–H groups in total. The van der Waals surface area contributed by atoms with Gasteiger partial charge in [-0.05, 0) is 23.2 Å². The van der Waals surface area contributed by atoms with E-state index in [-0.39, 0.29) is 11.3 Å². The number of aromatic nitrogens is 2. The van der Waals surface area contributed by atoms with Gasteiger partial charge in [0, 0.05) is 11.9 Å². The van der Waals surface area contributed by atoms with E-state index in [4.69, 9.17) is 16.3 Å². The molecule has 118 valence electrons. The van der Waals surface area contributed by atoms with Gasteiger partial charge in [0.05, 0.1) is 17.7 Å². The summed E-state index contributed by atoms with van der Waals surface area (Å²) >= 11 is 6.27. The zero-order valence-electron chi connectivity index (χ0n) is 11.9. The van der Waals surface area contributed by atoms with Gasteiger partial charge in [0.2, 0.25) is 0 Å². The van der Waals surface area contributed by atoms with Crippen molar-refractivity contribution in [3.05, 3.63) is 63.7 Å². The molecule has 0 saturated heterocycles. The van der Waals surface area contributed by atoms with Gasteiger partial charge < -0.3 is 10.1 Å². The van der Waals surface area contributed by atoms with Crippen LogP contribution >= 0.6 is 11.6 Å². The number of carbonyl (C=O) groups is 1. The number of rotatable bonds is 3. The third kappa shape index (κ3) is 2.27. The van der Waals surface area contributed by atoms with Crippen molar-refractivity contribution in [1.29, 1.82) is 0 Å². The van der Waals surface area contributed by atoms with Gasteiger partial charge in [-0.25, -0.2) is 14.8 Å². The van der Waals surface area contributed by atoms with E-state index in [1.165, 1.54) is 19.6 Å². The Kier molecular flexibility index (Phi) is 3.61. The summed E-state index contributed by atoms with van der Waals surface area (Å²) in [7, 11) is 1.21. The molecule has 8 nitrogen and oxygen atoms in total. The molecular weight excluding hydrogens is 324 g/mol. The standard InChI is InChI=1S/C14H11ClN4O4/c1-23-13(20)9-6-16-7-17-12(9)11-8-4-2-3-5-10(8)18-14(11,15)19(21)22/h2-7,11,18H,1H3. The fourth-order valence-corrected chi connectivity index (χ4v) is 2.97. The van der Waals surface area contributed by atoms with E-state index in [1.807, 2.05) is 0 Å². The van der Waals surface area contributed by atoms with E-state index in [9.17, 15) is 14.9 Å². The quantitative estimate of drug-likeness (QED) is 0.300. The highest BCUT2D eigenvalue weighted by Crippen LogP contribution is 2.49. The Morgan fingerprint density at radius 3 is 2.91 bits per heavy atom. The lowest BCUT2D eigenvalue weighted by Gasteiger charge is -2.21. The summed E-state index contributed by atoms with van der Waals surface area (Å²) < 4.78 is 4.70. The van der Waals surface area contributed by atoms with Gasteiger partial charge in [-0.3, -0.25) is 10.1 Å². The maximum Gasteiger partial charge on any atom is 0.384 e. The maximum absolute atomic E-state index is 11.9. The fraction of sp³-hybridized carbons (Fsp3) is 0.214. The van der Waals surface area contributed by atoms with Crippen molar-refractivity contribution in [3.63, 3.8) is 0 Å². The summed E-state index contributed by atoms with van der Waals surface area (Å²) in [5, 5.41) is 12.2. The first-order chi connectivity index (χ1) is 11.0. The van der Waals surface area contributed by atoms with Crippen molar-refractivity contribution in [2.45, 2.75) is 11.0 Å². The monoisotopic (exact) mass is 334 g/mol. The van der Waals surface area contributed by atoms with Crippen LogP contribution in [0.5, 0.6) is 0 Å². The third-order valence-electron chi connectivity index (χ3n) is 3.65. The Hall–Kier alpha value is -2.74. The molecule has 3 rings (SSSR count). The summed E-state index contributed by atoms with van der Waals surface area (Å²) in [6.45, 7) is 0. The van der Waals surface area contributed by atoms with Gasteiger partial charge in [0.25, 0.3) is 0 Å². The molecular formula is C14H11ClN4O4. The molecule has 0 amide bonds. The van der Waals surface area contributed by atoms with Crippen molar-refractivity contribution in [2.24, 2.45) is 0 Å². The molecule has 1 aromatic heterocycles. The third-order valence-corrected chi connectivity index (χ3v) is 4.10. The van der Waals surface area contributed by atoms with Crippen molar-refractivity contribution in [1.82, 2.24) is 9.97 Å². The van der Waals surface area contributed by atoms with Crippen molar-refractivity contribution in [2.75, 3.05) is 12.4 Å². The van der Waals surface area contributed by atoms with Gasteiger partial charge in [-0.2, -0.15) is 0 Å². The fourth-order valence-electron chi connectivity index (χ4n) is 2.65. The number of para-hydroxylation sites is 1. The van der Waals surface area contributed by atoms with Gasteiger partial charge in [-0.15, -0.1) is 0 Å². The number of methoxy groups -OCH3 is 1. The molecule has 2 aromatic rings. The molecule has 2 heterocycles. The minimum Gasteiger partial charge on any atom is -0.465 e. The molecule has 2 unspecified atom stereocenters. The molecule has 23 heavy (non-hydrogen) atoms. The average Bonchev–Trinajstić information content (AvgIpc) is 2.87. The van der Waals surface area contributed by atoms with Gasteiger partial charge in [0.1, 0.15) is 17.8 Å². The first-order valence-electron chi connectivity index (χ1n) is 6.57. The molecule has 0 aliphatic carbocycles. The number of anilines is 1. The number of benzene rings is 1. The highest BCUT2D eigenvalue weighted by molar-refractivity contribution is 6.25. The second-order valence-electron chi connectivity index (χ2n) is 4.89. The molecule has 0 fully saturated rings. The van der Waals surface area contributed by atoms with Crippen LogP contribution in [-0.2, 0) is 4.74 Å². The first kappa shape index (κ1) is 15.2. The SMILES string of the molecule is COC(=O)c1cncnc1C1c2ccccc2NC1(Cl)[N+](=O)[O-]. The molecule has 1 aromatic carbocycles. The number of esters is 1. The summed E-state index contributed by atoms with van der Waals surface area (Å²) in [4.78, 5) is 30.7. The smallest absolute Gasteiger partial charge is 0.384 e. The van der Waals surface area contributed by atoms with Crippen LogP contribution in [0, 0.1) is 10.1 Å². The number of nitro groups is 1. The topological polar surface area (TPSA) is 107 Å². The van der Waals surface area contributed by atoms with Crippen LogP contribution in [0.4, 0.5) is 5.69 Å². The van der Waals surface area contributed by atoms with Gasteiger partial charge in [0.15, 0.2) is 0 Å². The number of carbonyl (C=O) groups excluding carboxylic acids is 1. The molecule has 1 aliphatic rings. The lowest BCUT2D eigenvalue weighted by atomic mass is 9.92. The molecule has 0 spiro atoms. The molecule has 0 saturated carbocycles. The van der Waals surface area contributed by atoms with Crippen molar-refractivity contribution >= 4 is 23.3 Å². The second-order valence-corrected chi connectivity index (χ2v) is 5.47. The number of nitrogens with one attached hydrogen (secondary N) is 1. The summed E-state index contributed by atoms with van der Waals surface area (Å²) in [5.41, 5.74) is 1.25. The number of halogens is 1. The normalized spacial score (nSPS) is 22.1. The molecule has 2 atom stereocenters. The van der Waals surface area contributed by atoms with E-state index in [0.29, 0.717) is 11.3 Å². The van der Waals surface area contributed by atoms with Crippen LogP contribution in [0.25, 0.3) is 0 Å². The maximum atomic E-state index is 11.9. The Morgan fingerprint density at radius 1 is 1.48 bits per heavy atom. The Balaban J connectivity index is 2.24. The summed E-state index contributed by atoms with van der Waals surface area (Å²) in [6, 6.07) is 6.83. The van der Waals surface area contributed by atoms with E-state index in [2.05, 4.69) is 15.3 Å². The molecule has 0 bridgehead atoms. The van der Waals surface area contributed by atoms with E-state index in [1.54, 1.807) is 24.3 Å². The van der Waals surface area contributed by atoms with Crippen LogP contribution in [0.2, 0.25) is 0 Å². The minimum absolute atomic E-state index is 0.0328. The van der Waals surface area contributed by atoms with E-state index >= 15 is 0 Å². The zero-order valence-corrected chi connectivity index (χ0v) is 12.6. The largest absolute Gasteiger partial charge is 0.465 e. The first-order valence-corrected chi connectivity index (χ1v) is 6.95. The van der Waals surface area contributed by atoms with Gasteiger partial charge in [-0.1, -0.05) is 18.2 Å².